The van der Waals surface area contributed by atoms with Gasteiger partial charge in [-0.25, -0.2) is 4.39 Å². The second kappa shape index (κ2) is 4.41. The predicted molar refractivity (Wildman–Crippen MR) is 51.6 cm³/mol. The van der Waals surface area contributed by atoms with E-state index in [0.29, 0.717) is 6.08 Å². The molecule has 0 spiro atoms. The zero-order chi connectivity index (χ0) is 11.6. The summed E-state index contributed by atoms with van der Waals surface area (Å²) in [6, 6.07) is 3.83. The number of allylic oxidation sites excluding steroid dienone is 1. The van der Waals surface area contributed by atoms with Crippen LogP contribution in [0, 0.1) is 0 Å². The average Bonchev–Trinajstić information content (AvgIpc) is 2.09. The van der Waals surface area contributed by atoms with Gasteiger partial charge in [0.2, 0.25) is 5.83 Å². The normalized spacial score (nSPS) is 13.1. The Balaban J connectivity index is 3.13. The van der Waals surface area contributed by atoms with Gasteiger partial charge in [0.1, 0.15) is 0 Å². The third-order valence-corrected chi connectivity index (χ3v) is 2.09. The Bertz CT molecular complexity index is 396. The molecule has 0 amide bonds. The summed E-state index contributed by atoms with van der Waals surface area (Å²) in [5.41, 5.74) is -0.112. The topological polar surface area (TPSA) is 0 Å². The lowest BCUT2D eigenvalue weighted by atomic mass is 10.2. The summed E-state index contributed by atoms with van der Waals surface area (Å²) in [5, 5.41) is 0.180. The maximum atomic E-state index is 12.5. The van der Waals surface area contributed by atoms with E-state index in [1.165, 1.54) is 12.1 Å². The molecule has 0 bridgehead atoms. The van der Waals surface area contributed by atoms with Gasteiger partial charge in [-0.15, -0.1) is 0 Å². The minimum atomic E-state index is -5.01. The van der Waals surface area contributed by atoms with E-state index in [1.54, 1.807) is 0 Å². The Morgan fingerprint density at radius 3 is 2.33 bits per heavy atom. The van der Waals surface area contributed by atoms with Crippen molar-refractivity contribution in [2.75, 3.05) is 0 Å². The zero-order valence-corrected chi connectivity index (χ0v) is 8.59. The number of rotatable bonds is 1. The Morgan fingerprint density at radius 1 is 1.20 bits per heavy atom. The van der Waals surface area contributed by atoms with Crippen LogP contribution >= 0.6 is 23.2 Å². The van der Waals surface area contributed by atoms with E-state index < -0.39 is 12.0 Å². The highest BCUT2D eigenvalue weighted by Crippen LogP contribution is 2.30. The van der Waals surface area contributed by atoms with Crippen molar-refractivity contribution >= 4 is 29.3 Å². The van der Waals surface area contributed by atoms with Crippen molar-refractivity contribution in [2.45, 2.75) is 6.18 Å². The average molecular weight is 259 g/mol. The summed E-state index contributed by atoms with van der Waals surface area (Å²) in [5.74, 6) is -2.22. The van der Waals surface area contributed by atoms with Crippen molar-refractivity contribution in [3.05, 3.63) is 39.6 Å². The van der Waals surface area contributed by atoms with E-state index in [4.69, 9.17) is 23.2 Å². The molecule has 82 valence electrons. The fraction of sp³-hybridized carbons (Fsp3) is 0.111. The summed E-state index contributed by atoms with van der Waals surface area (Å²) in [7, 11) is 0. The minimum absolute atomic E-state index is 0.00111. The van der Waals surface area contributed by atoms with Crippen LogP contribution in [0.5, 0.6) is 0 Å². The number of halogens is 6. The standard InChI is InChI=1S/C9H4Cl2F4/c10-6-1-2-7(11)5(3-6)4-8(12)9(13,14)15/h1-4H/b8-4+. The molecule has 0 aromatic heterocycles. The largest absolute Gasteiger partial charge is 0.442 e. The van der Waals surface area contributed by atoms with Gasteiger partial charge in [0.25, 0.3) is 0 Å². The molecule has 6 heteroatoms. The lowest BCUT2D eigenvalue weighted by Crippen LogP contribution is -2.07. The molecule has 1 aromatic carbocycles. The smallest absolute Gasteiger partial charge is 0.202 e. The fourth-order valence-electron chi connectivity index (χ4n) is 0.844. The van der Waals surface area contributed by atoms with Gasteiger partial charge in [0, 0.05) is 10.0 Å². The molecular weight excluding hydrogens is 255 g/mol. The molecule has 0 saturated heterocycles. The molecule has 0 radical (unpaired) electrons. The van der Waals surface area contributed by atoms with Crippen molar-refractivity contribution in [1.82, 2.24) is 0 Å². The molecule has 0 saturated carbocycles. The second-order valence-corrected chi connectivity index (χ2v) is 3.50. The summed E-state index contributed by atoms with van der Waals surface area (Å²) < 4.78 is 48.1. The van der Waals surface area contributed by atoms with Crippen LogP contribution in [0.3, 0.4) is 0 Å². The van der Waals surface area contributed by atoms with Gasteiger partial charge in [-0.3, -0.25) is 0 Å². The van der Waals surface area contributed by atoms with Crippen molar-refractivity contribution in [2.24, 2.45) is 0 Å². The van der Waals surface area contributed by atoms with Crippen LogP contribution < -0.4 is 0 Å². The minimum Gasteiger partial charge on any atom is -0.202 e. The Morgan fingerprint density at radius 2 is 1.80 bits per heavy atom. The highest BCUT2D eigenvalue weighted by Gasteiger charge is 2.34. The molecule has 15 heavy (non-hydrogen) atoms. The molecule has 0 atom stereocenters. The van der Waals surface area contributed by atoms with Gasteiger partial charge in [0.15, 0.2) is 0 Å². The van der Waals surface area contributed by atoms with E-state index in [1.807, 2.05) is 0 Å². The molecule has 0 unspecified atom stereocenters. The lowest BCUT2D eigenvalue weighted by molar-refractivity contribution is -0.107. The first-order chi connectivity index (χ1) is 6.80. The molecule has 0 nitrogen and oxygen atoms in total. The monoisotopic (exact) mass is 258 g/mol. The molecule has 0 N–H and O–H groups in total. The van der Waals surface area contributed by atoms with Gasteiger partial charge in [-0.05, 0) is 29.8 Å². The summed E-state index contributed by atoms with van der Waals surface area (Å²) in [6.45, 7) is 0. The predicted octanol–water partition coefficient (Wildman–Crippen LogP) is 4.87. The van der Waals surface area contributed by atoms with E-state index >= 15 is 0 Å². The third-order valence-electron chi connectivity index (χ3n) is 1.51. The van der Waals surface area contributed by atoms with E-state index in [0.717, 1.165) is 6.07 Å². The molecule has 0 fully saturated rings. The van der Waals surface area contributed by atoms with Crippen molar-refractivity contribution in [3.63, 3.8) is 0 Å². The van der Waals surface area contributed by atoms with E-state index in [2.05, 4.69) is 0 Å². The van der Waals surface area contributed by atoms with Crippen molar-refractivity contribution in [3.8, 4) is 0 Å². The number of benzene rings is 1. The molecule has 0 aliphatic heterocycles. The number of hydrogen-bond donors (Lipinski definition) is 0. The first kappa shape index (κ1) is 12.3. The summed E-state index contributed by atoms with van der Waals surface area (Å²) >= 11 is 11.1. The maximum Gasteiger partial charge on any atom is 0.442 e. The lowest BCUT2D eigenvalue weighted by Gasteiger charge is -2.04. The van der Waals surface area contributed by atoms with Crippen LogP contribution in [0.2, 0.25) is 10.0 Å². The second-order valence-electron chi connectivity index (χ2n) is 2.66. The summed E-state index contributed by atoms with van der Waals surface area (Å²) in [6.07, 6.45) is -4.71. The number of alkyl halides is 3. The van der Waals surface area contributed by atoms with Gasteiger partial charge < -0.3 is 0 Å². The van der Waals surface area contributed by atoms with Gasteiger partial charge in [0.05, 0.1) is 0 Å². The molecule has 0 aliphatic carbocycles. The van der Waals surface area contributed by atoms with E-state index in [9.17, 15) is 17.6 Å². The van der Waals surface area contributed by atoms with Crippen LogP contribution in [-0.2, 0) is 0 Å². The molecule has 1 aromatic rings. The highest BCUT2D eigenvalue weighted by molar-refractivity contribution is 6.34. The van der Waals surface area contributed by atoms with Crippen LogP contribution in [0.25, 0.3) is 6.08 Å². The van der Waals surface area contributed by atoms with Crippen LogP contribution in [0.15, 0.2) is 24.0 Å². The molecule has 0 aliphatic rings. The van der Waals surface area contributed by atoms with Crippen LogP contribution in [-0.4, -0.2) is 6.18 Å². The maximum absolute atomic E-state index is 12.5. The Hall–Kier alpha value is -0.740. The Labute approximate surface area is 93.1 Å². The van der Waals surface area contributed by atoms with Crippen molar-refractivity contribution in [1.29, 1.82) is 0 Å². The van der Waals surface area contributed by atoms with Gasteiger partial charge in [-0.2, -0.15) is 13.2 Å². The Kier molecular flexibility index (Phi) is 3.62. The van der Waals surface area contributed by atoms with Crippen LogP contribution in [0.4, 0.5) is 17.6 Å². The number of hydrogen-bond acceptors (Lipinski definition) is 0. The highest BCUT2D eigenvalue weighted by atomic mass is 35.5. The van der Waals surface area contributed by atoms with Crippen molar-refractivity contribution < 1.29 is 17.6 Å². The molecule has 0 heterocycles. The summed E-state index contributed by atoms with van der Waals surface area (Å²) in [4.78, 5) is 0. The van der Waals surface area contributed by atoms with E-state index in [-0.39, 0.29) is 15.6 Å². The first-order valence-corrected chi connectivity index (χ1v) is 4.46. The third kappa shape index (κ3) is 3.39. The van der Waals surface area contributed by atoms with Gasteiger partial charge >= 0.3 is 6.18 Å². The quantitative estimate of drug-likeness (QED) is 0.631. The SMILES string of the molecule is F/C(=C/c1cc(Cl)ccc1Cl)C(F)(F)F. The molecule has 1 rings (SSSR count). The fourth-order valence-corrected chi connectivity index (χ4v) is 1.20. The van der Waals surface area contributed by atoms with Crippen LogP contribution in [0.1, 0.15) is 5.56 Å². The molecular formula is C9H4Cl2F4. The zero-order valence-electron chi connectivity index (χ0n) is 7.08. The van der Waals surface area contributed by atoms with Gasteiger partial charge in [-0.1, -0.05) is 23.2 Å². The first-order valence-electron chi connectivity index (χ1n) is 3.70.